The zero-order chi connectivity index (χ0) is 18.6. The third-order valence-electron chi connectivity index (χ3n) is 3.13. The number of amides is 1. The summed E-state index contributed by atoms with van der Waals surface area (Å²) in [6.45, 7) is 0.415. The van der Waals surface area contributed by atoms with Gasteiger partial charge in [0.1, 0.15) is 5.82 Å². The van der Waals surface area contributed by atoms with E-state index in [-0.39, 0.29) is 36.0 Å². The first-order valence-electron chi connectivity index (χ1n) is 7.11. The van der Waals surface area contributed by atoms with Crippen LogP contribution in [0.4, 0.5) is 34.9 Å². The number of carbonyl (C=O) groups excluding carboxylic acids is 1. The summed E-state index contributed by atoms with van der Waals surface area (Å²) in [5, 5.41) is 5.17. The number of primary amides is 1. The van der Waals surface area contributed by atoms with Crippen molar-refractivity contribution in [2.45, 2.75) is 6.18 Å². The Balaban J connectivity index is 2.42. The quantitative estimate of drug-likeness (QED) is 0.594. The number of benzene rings is 1. The van der Waals surface area contributed by atoms with Crippen molar-refractivity contribution in [2.24, 2.45) is 11.5 Å². The molecule has 25 heavy (non-hydrogen) atoms. The Morgan fingerprint density at radius 1 is 1.20 bits per heavy atom. The van der Waals surface area contributed by atoms with Gasteiger partial charge in [0.15, 0.2) is 11.6 Å². The lowest BCUT2D eigenvalue weighted by Gasteiger charge is -2.14. The summed E-state index contributed by atoms with van der Waals surface area (Å²) in [5.74, 6) is -2.19. The molecule has 2 rings (SSSR count). The average molecular weight is 357 g/mol. The Morgan fingerprint density at radius 2 is 1.92 bits per heavy atom. The largest absolute Gasteiger partial charge is 0.416 e. The van der Waals surface area contributed by atoms with Gasteiger partial charge in [0, 0.05) is 18.8 Å². The van der Waals surface area contributed by atoms with Crippen LogP contribution in [0.3, 0.4) is 0 Å². The first-order valence-corrected chi connectivity index (χ1v) is 7.11. The number of rotatable bonds is 6. The van der Waals surface area contributed by atoms with Crippen LogP contribution in [0, 0.1) is 5.82 Å². The minimum Gasteiger partial charge on any atom is -0.366 e. The highest BCUT2D eigenvalue weighted by molar-refractivity contribution is 5.98. The van der Waals surface area contributed by atoms with Crippen LogP contribution in [0.15, 0.2) is 30.3 Å². The van der Waals surface area contributed by atoms with E-state index in [0.717, 1.165) is 18.2 Å². The zero-order valence-electron chi connectivity index (χ0n) is 12.8. The molecule has 0 saturated carbocycles. The second-order valence-corrected chi connectivity index (χ2v) is 5.00. The first kappa shape index (κ1) is 18.5. The number of pyridine rings is 1. The van der Waals surface area contributed by atoms with Crippen LogP contribution in [0.1, 0.15) is 15.9 Å². The van der Waals surface area contributed by atoms with E-state index in [1.807, 2.05) is 0 Å². The van der Waals surface area contributed by atoms with Gasteiger partial charge in [-0.05, 0) is 24.3 Å². The summed E-state index contributed by atoms with van der Waals surface area (Å²) in [6, 6.07) is 5.11. The van der Waals surface area contributed by atoms with E-state index in [0.29, 0.717) is 0 Å². The first-order chi connectivity index (χ1) is 11.7. The number of aromatic nitrogens is 1. The molecule has 1 amide bonds. The van der Waals surface area contributed by atoms with Crippen molar-refractivity contribution < 1.29 is 22.4 Å². The number of anilines is 3. The molecule has 6 N–H and O–H groups in total. The van der Waals surface area contributed by atoms with Crippen LogP contribution >= 0.6 is 0 Å². The molecule has 0 aliphatic carbocycles. The summed E-state index contributed by atoms with van der Waals surface area (Å²) < 4.78 is 52.3. The van der Waals surface area contributed by atoms with Crippen molar-refractivity contribution in [2.75, 3.05) is 23.7 Å². The second-order valence-electron chi connectivity index (χ2n) is 5.00. The highest BCUT2D eigenvalue weighted by atomic mass is 19.4. The van der Waals surface area contributed by atoms with Crippen LogP contribution in [-0.4, -0.2) is 24.0 Å². The lowest BCUT2D eigenvalue weighted by Crippen LogP contribution is -2.18. The van der Waals surface area contributed by atoms with E-state index in [1.165, 1.54) is 12.1 Å². The van der Waals surface area contributed by atoms with Crippen molar-refractivity contribution in [3.63, 3.8) is 0 Å². The summed E-state index contributed by atoms with van der Waals surface area (Å²) in [7, 11) is 0. The van der Waals surface area contributed by atoms with Gasteiger partial charge >= 0.3 is 6.18 Å². The lowest BCUT2D eigenvalue weighted by atomic mass is 10.1. The summed E-state index contributed by atoms with van der Waals surface area (Å²) in [5.41, 5.74) is 9.32. The predicted octanol–water partition coefficient (Wildman–Crippen LogP) is 2.45. The summed E-state index contributed by atoms with van der Waals surface area (Å²) in [6.07, 6.45) is -4.53. The topological polar surface area (TPSA) is 106 Å². The Kier molecular flexibility index (Phi) is 5.42. The van der Waals surface area contributed by atoms with Crippen LogP contribution in [-0.2, 0) is 6.18 Å². The SMILES string of the molecule is NCCNc1nc(Nc2cccc(C(F)(F)F)c2)c(C(N)=O)cc1F. The molecule has 1 aromatic heterocycles. The van der Waals surface area contributed by atoms with Gasteiger partial charge in [-0.2, -0.15) is 13.2 Å². The molecule has 0 unspecified atom stereocenters. The number of nitrogens with zero attached hydrogens (tertiary/aromatic N) is 1. The van der Waals surface area contributed by atoms with E-state index < -0.39 is 23.5 Å². The molecule has 0 aliphatic heterocycles. The molecule has 0 atom stereocenters. The Labute approximate surface area is 140 Å². The third kappa shape index (κ3) is 4.57. The van der Waals surface area contributed by atoms with Crippen molar-refractivity contribution in [3.8, 4) is 0 Å². The molecule has 0 fully saturated rings. The highest BCUT2D eigenvalue weighted by Crippen LogP contribution is 2.32. The van der Waals surface area contributed by atoms with Gasteiger partial charge in [-0.3, -0.25) is 4.79 Å². The van der Waals surface area contributed by atoms with Crippen molar-refractivity contribution in [3.05, 3.63) is 47.3 Å². The Bertz CT molecular complexity index is 779. The van der Waals surface area contributed by atoms with E-state index in [1.54, 1.807) is 0 Å². The van der Waals surface area contributed by atoms with Crippen molar-refractivity contribution >= 4 is 23.2 Å². The predicted molar refractivity (Wildman–Crippen MR) is 85.0 cm³/mol. The number of carbonyl (C=O) groups is 1. The van der Waals surface area contributed by atoms with Crippen molar-refractivity contribution in [1.29, 1.82) is 0 Å². The average Bonchev–Trinajstić information content (AvgIpc) is 2.54. The standard InChI is InChI=1S/C15H15F4N5O/c16-11-7-10(12(21)25)13(24-14(11)22-5-4-20)23-9-3-1-2-8(6-9)15(17,18)19/h1-3,6-7H,4-5,20H2,(H2,21,25)(H2,22,23,24). The normalized spacial score (nSPS) is 11.2. The molecule has 0 bridgehead atoms. The smallest absolute Gasteiger partial charge is 0.366 e. The number of hydrogen-bond acceptors (Lipinski definition) is 5. The molecule has 1 aromatic carbocycles. The molecule has 1 heterocycles. The zero-order valence-corrected chi connectivity index (χ0v) is 12.8. The molecule has 0 spiro atoms. The van der Waals surface area contributed by atoms with Gasteiger partial charge in [-0.1, -0.05) is 6.07 Å². The molecule has 134 valence electrons. The molecule has 10 heteroatoms. The van der Waals surface area contributed by atoms with Gasteiger partial charge < -0.3 is 22.1 Å². The lowest BCUT2D eigenvalue weighted by molar-refractivity contribution is -0.137. The fourth-order valence-corrected chi connectivity index (χ4v) is 2.00. The van der Waals surface area contributed by atoms with E-state index in [2.05, 4.69) is 15.6 Å². The van der Waals surface area contributed by atoms with Gasteiger partial charge in [0.25, 0.3) is 5.91 Å². The molecular formula is C15H15F4N5O. The maximum Gasteiger partial charge on any atom is 0.416 e. The number of hydrogen-bond donors (Lipinski definition) is 4. The highest BCUT2D eigenvalue weighted by Gasteiger charge is 2.30. The minimum atomic E-state index is -4.53. The molecule has 2 aromatic rings. The monoisotopic (exact) mass is 357 g/mol. The van der Waals surface area contributed by atoms with Crippen LogP contribution in [0.2, 0.25) is 0 Å². The maximum absolute atomic E-state index is 13.9. The van der Waals surface area contributed by atoms with Gasteiger partial charge in [0.2, 0.25) is 0 Å². The maximum atomic E-state index is 13.9. The fourth-order valence-electron chi connectivity index (χ4n) is 2.00. The number of nitrogens with one attached hydrogen (secondary N) is 2. The Hall–Kier alpha value is -2.88. The third-order valence-corrected chi connectivity index (χ3v) is 3.13. The summed E-state index contributed by atoms with van der Waals surface area (Å²) >= 11 is 0. The van der Waals surface area contributed by atoms with Gasteiger partial charge in [-0.25, -0.2) is 9.37 Å². The summed E-state index contributed by atoms with van der Waals surface area (Å²) in [4.78, 5) is 15.4. The van der Waals surface area contributed by atoms with E-state index in [4.69, 9.17) is 11.5 Å². The van der Waals surface area contributed by atoms with Crippen molar-refractivity contribution in [1.82, 2.24) is 4.98 Å². The minimum absolute atomic E-state index is 0.0150. The number of nitrogens with two attached hydrogens (primary N) is 2. The number of halogens is 4. The molecule has 0 saturated heterocycles. The fraction of sp³-hybridized carbons (Fsp3) is 0.200. The molecule has 0 aliphatic rings. The van der Waals surface area contributed by atoms with Gasteiger partial charge in [-0.15, -0.1) is 0 Å². The molecule has 6 nitrogen and oxygen atoms in total. The second kappa shape index (κ2) is 7.34. The van der Waals surface area contributed by atoms with Crippen LogP contribution in [0.5, 0.6) is 0 Å². The van der Waals surface area contributed by atoms with E-state index in [9.17, 15) is 22.4 Å². The molecule has 0 radical (unpaired) electrons. The Morgan fingerprint density at radius 3 is 2.52 bits per heavy atom. The van der Waals surface area contributed by atoms with Gasteiger partial charge in [0.05, 0.1) is 11.1 Å². The van der Waals surface area contributed by atoms with Crippen LogP contribution < -0.4 is 22.1 Å². The van der Waals surface area contributed by atoms with E-state index >= 15 is 0 Å². The molecular weight excluding hydrogens is 342 g/mol. The number of alkyl halides is 3. The van der Waals surface area contributed by atoms with Crippen LogP contribution in [0.25, 0.3) is 0 Å².